The van der Waals surface area contributed by atoms with Crippen LogP contribution in [0.1, 0.15) is 41.0 Å². The summed E-state index contributed by atoms with van der Waals surface area (Å²) in [7, 11) is 1.79. The first kappa shape index (κ1) is 18.7. The first-order chi connectivity index (χ1) is 13.6. The molecule has 0 unspecified atom stereocenters. The number of hydrogen-bond donors (Lipinski definition) is 0. The molecule has 0 bridgehead atoms. The van der Waals surface area contributed by atoms with Crippen molar-refractivity contribution < 1.29 is 13.9 Å². The van der Waals surface area contributed by atoms with Crippen LogP contribution in [0.25, 0.3) is 21.2 Å². The number of rotatable bonds is 6. The van der Waals surface area contributed by atoms with Gasteiger partial charge in [0.2, 0.25) is 0 Å². The second-order valence-electron chi connectivity index (χ2n) is 6.65. The molecule has 2 aromatic heterocycles. The maximum atomic E-state index is 13.3. The Morgan fingerprint density at radius 1 is 1.21 bits per heavy atom. The number of benzene rings is 2. The van der Waals surface area contributed by atoms with E-state index in [0.717, 1.165) is 26.2 Å². The van der Waals surface area contributed by atoms with Crippen molar-refractivity contribution in [1.82, 2.24) is 9.88 Å². The fourth-order valence-corrected chi connectivity index (χ4v) is 4.25. The molecule has 144 valence electrons. The van der Waals surface area contributed by atoms with Crippen LogP contribution in [0.2, 0.25) is 0 Å². The maximum Gasteiger partial charge on any atom is 0.290 e. The van der Waals surface area contributed by atoms with Crippen LogP contribution >= 0.6 is 11.3 Å². The molecular formula is C22H22N2O3S. The molecule has 1 atom stereocenters. The number of furan rings is 1. The van der Waals surface area contributed by atoms with Gasteiger partial charge in [0.15, 0.2) is 5.76 Å². The lowest BCUT2D eigenvalue weighted by atomic mass is 10.1. The molecule has 0 spiro atoms. The molecule has 0 N–H and O–H groups in total. The highest BCUT2D eigenvalue weighted by Gasteiger charge is 2.27. The summed E-state index contributed by atoms with van der Waals surface area (Å²) in [5, 5.41) is 1.82. The molecule has 6 heteroatoms. The van der Waals surface area contributed by atoms with Gasteiger partial charge in [-0.15, -0.1) is 11.3 Å². The van der Waals surface area contributed by atoms with Gasteiger partial charge in [-0.3, -0.25) is 4.79 Å². The van der Waals surface area contributed by atoms with Gasteiger partial charge in [-0.25, -0.2) is 4.98 Å². The van der Waals surface area contributed by atoms with Gasteiger partial charge in [0.05, 0.1) is 22.9 Å². The zero-order valence-corrected chi connectivity index (χ0v) is 17.0. The topological polar surface area (TPSA) is 55.6 Å². The maximum absolute atomic E-state index is 13.3. The minimum atomic E-state index is -0.169. The van der Waals surface area contributed by atoms with Gasteiger partial charge in [0.25, 0.3) is 5.91 Å². The normalized spacial score (nSPS) is 12.5. The van der Waals surface area contributed by atoms with E-state index in [1.807, 2.05) is 62.4 Å². The second-order valence-corrected chi connectivity index (χ2v) is 7.72. The predicted molar refractivity (Wildman–Crippen MR) is 112 cm³/mol. The van der Waals surface area contributed by atoms with Crippen LogP contribution in [-0.4, -0.2) is 29.4 Å². The zero-order valence-electron chi connectivity index (χ0n) is 16.1. The van der Waals surface area contributed by atoms with Crippen LogP contribution in [-0.2, 0) is 11.3 Å². The minimum absolute atomic E-state index is 0.168. The van der Waals surface area contributed by atoms with Crippen LogP contribution in [0.15, 0.2) is 52.9 Å². The fourth-order valence-electron chi connectivity index (χ4n) is 3.19. The van der Waals surface area contributed by atoms with E-state index in [9.17, 15) is 4.79 Å². The zero-order chi connectivity index (χ0) is 19.7. The fraction of sp³-hybridized carbons (Fsp3) is 0.273. The number of thiazole rings is 1. The van der Waals surface area contributed by atoms with Gasteiger partial charge in [-0.2, -0.15) is 0 Å². The Labute approximate surface area is 167 Å². The molecule has 4 aromatic rings. The van der Waals surface area contributed by atoms with Crippen molar-refractivity contribution in [1.29, 1.82) is 0 Å². The van der Waals surface area contributed by atoms with Gasteiger partial charge in [-0.05, 0) is 32.0 Å². The van der Waals surface area contributed by atoms with Gasteiger partial charge < -0.3 is 14.1 Å². The van der Waals surface area contributed by atoms with Crippen molar-refractivity contribution in [2.24, 2.45) is 0 Å². The van der Waals surface area contributed by atoms with E-state index in [2.05, 4.69) is 0 Å². The van der Waals surface area contributed by atoms with Gasteiger partial charge in [0, 0.05) is 24.6 Å². The number of nitrogens with zero attached hydrogens (tertiary/aromatic N) is 2. The highest BCUT2D eigenvalue weighted by molar-refractivity contribution is 7.18. The average molecular weight is 394 g/mol. The summed E-state index contributed by atoms with van der Waals surface area (Å²) in [6.07, 6.45) is 0. The van der Waals surface area contributed by atoms with Crippen molar-refractivity contribution >= 4 is 38.4 Å². The number of hydrogen-bond acceptors (Lipinski definition) is 5. The molecule has 1 amide bonds. The van der Waals surface area contributed by atoms with Crippen LogP contribution in [0.3, 0.4) is 0 Å². The molecule has 0 saturated heterocycles. The molecule has 2 heterocycles. The lowest BCUT2D eigenvalue weighted by Crippen LogP contribution is -2.30. The van der Waals surface area contributed by atoms with Gasteiger partial charge >= 0.3 is 0 Å². The van der Waals surface area contributed by atoms with E-state index >= 15 is 0 Å². The summed E-state index contributed by atoms with van der Waals surface area (Å²) in [6, 6.07) is 15.5. The highest BCUT2D eigenvalue weighted by atomic mass is 32.1. The number of ether oxygens (including phenoxy) is 1. The van der Waals surface area contributed by atoms with E-state index < -0.39 is 0 Å². The Morgan fingerprint density at radius 3 is 2.75 bits per heavy atom. The Bertz CT molecular complexity index is 1100. The second kappa shape index (κ2) is 7.73. The van der Waals surface area contributed by atoms with Crippen molar-refractivity contribution in [3.63, 3.8) is 0 Å². The molecule has 0 fully saturated rings. The van der Waals surface area contributed by atoms with Crippen LogP contribution < -0.4 is 0 Å². The molecule has 0 saturated carbocycles. The van der Waals surface area contributed by atoms with Crippen molar-refractivity contribution in [2.75, 3.05) is 13.7 Å². The van der Waals surface area contributed by atoms with E-state index in [1.165, 1.54) is 0 Å². The standard InChI is InChI=1S/C22H22N2O3S/c1-4-26-13-16-15-9-5-7-11-18(15)27-20(16)22(25)24(3)14(2)21-23-17-10-6-8-12-19(17)28-21/h5-12,14H,4,13H2,1-3H3/t14-/m0/s1. The van der Waals surface area contributed by atoms with Crippen LogP contribution in [0.4, 0.5) is 0 Å². The Morgan fingerprint density at radius 2 is 1.96 bits per heavy atom. The largest absolute Gasteiger partial charge is 0.451 e. The highest BCUT2D eigenvalue weighted by Crippen LogP contribution is 2.32. The third-order valence-electron chi connectivity index (χ3n) is 4.91. The van der Waals surface area contributed by atoms with Gasteiger partial charge in [0.1, 0.15) is 10.6 Å². The van der Waals surface area contributed by atoms with E-state index in [1.54, 1.807) is 23.3 Å². The van der Waals surface area contributed by atoms with Crippen molar-refractivity contribution in [2.45, 2.75) is 26.5 Å². The van der Waals surface area contributed by atoms with Crippen LogP contribution in [0.5, 0.6) is 0 Å². The molecule has 0 aliphatic carbocycles. The monoisotopic (exact) mass is 394 g/mol. The minimum Gasteiger partial charge on any atom is -0.451 e. The third kappa shape index (κ3) is 3.30. The average Bonchev–Trinajstić information content (AvgIpc) is 3.32. The smallest absolute Gasteiger partial charge is 0.290 e. The first-order valence-corrected chi connectivity index (χ1v) is 10.1. The quantitative estimate of drug-likeness (QED) is 0.439. The Balaban J connectivity index is 1.67. The molecule has 5 nitrogen and oxygen atoms in total. The molecule has 4 rings (SSSR count). The lowest BCUT2D eigenvalue weighted by molar-refractivity contribution is 0.0702. The first-order valence-electron chi connectivity index (χ1n) is 9.31. The molecule has 0 aliphatic rings. The third-order valence-corrected chi connectivity index (χ3v) is 6.12. The number of aromatic nitrogens is 1. The predicted octanol–water partition coefficient (Wildman–Crippen LogP) is 5.41. The van der Waals surface area contributed by atoms with Crippen molar-refractivity contribution in [3.05, 3.63) is 64.9 Å². The number of para-hydroxylation sites is 2. The SMILES string of the molecule is CCOCc1c(C(=O)N(C)[C@@H](C)c2nc3ccccc3s2)oc2ccccc12. The van der Waals surface area contributed by atoms with E-state index in [4.69, 9.17) is 14.1 Å². The summed E-state index contributed by atoms with van der Waals surface area (Å²) < 4.78 is 12.7. The van der Waals surface area contributed by atoms with Gasteiger partial charge in [-0.1, -0.05) is 30.3 Å². The van der Waals surface area contributed by atoms with E-state index in [-0.39, 0.29) is 11.9 Å². The summed E-state index contributed by atoms with van der Waals surface area (Å²) in [5.74, 6) is 0.169. The Hall–Kier alpha value is -2.70. The number of carbonyl (C=O) groups is 1. The lowest BCUT2D eigenvalue weighted by Gasteiger charge is -2.22. The molecular weight excluding hydrogens is 372 g/mol. The van der Waals surface area contributed by atoms with Crippen LogP contribution in [0, 0.1) is 0 Å². The summed E-state index contributed by atoms with van der Waals surface area (Å²) in [4.78, 5) is 19.7. The summed E-state index contributed by atoms with van der Waals surface area (Å²) in [5.41, 5.74) is 2.45. The molecule has 0 radical (unpaired) electrons. The number of carbonyl (C=O) groups excluding carboxylic acids is 1. The molecule has 2 aromatic carbocycles. The number of amides is 1. The molecule has 28 heavy (non-hydrogen) atoms. The summed E-state index contributed by atoms with van der Waals surface area (Å²) in [6.45, 7) is 4.84. The number of fused-ring (bicyclic) bond motifs is 2. The Kier molecular flexibility index (Phi) is 5.15. The summed E-state index contributed by atoms with van der Waals surface area (Å²) >= 11 is 1.61. The van der Waals surface area contributed by atoms with E-state index in [0.29, 0.717) is 24.6 Å². The van der Waals surface area contributed by atoms with Crippen molar-refractivity contribution in [3.8, 4) is 0 Å². The molecule has 0 aliphatic heterocycles.